The molecule has 2 aromatic carbocycles. The van der Waals surface area contributed by atoms with E-state index in [1.807, 2.05) is 19.1 Å². The third-order valence-electron chi connectivity index (χ3n) is 5.05. The number of amides is 1. The Morgan fingerprint density at radius 1 is 1.19 bits per heavy atom. The summed E-state index contributed by atoms with van der Waals surface area (Å²) in [5.41, 5.74) is 2.93. The van der Waals surface area contributed by atoms with E-state index in [2.05, 4.69) is 26.8 Å². The number of nitrogens with zero attached hydrogens (tertiary/aromatic N) is 4. The summed E-state index contributed by atoms with van der Waals surface area (Å²) >= 11 is 0. The summed E-state index contributed by atoms with van der Waals surface area (Å²) in [6, 6.07) is 13.8. The third-order valence-corrected chi connectivity index (χ3v) is 5.05. The third kappa shape index (κ3) is 3.67. The number of ether oxygens (including phenoxy) is 2. The average molecular weight is 416 g/mol. The maximum atomic E-state index is 13.5. The van der Waals surface area contributed by atoms with E-state index >= 15 is 0 Å². The smallest absolute Gasteiger partial charge is 0.255 e. The van der Waals surface area contributed by atoms with Crippen molar-refractivity contribution >= 4 is 17.5 Å². The molecule has 0 spiro atoms. The van der Waals surface area contributed by atoms with E-state index in [1.54, 1.807) is 42.1 Å². The molecule has 31 heavy (non-hydrogen) atoms. The second-order valence-electron chi connectivity index (χ2n) is 6.85. The summed E-state index contributed by atoms with van der Waals surface area (Å²) in [5.74, 6) is 1.30. The van der Waals surface area contributed by atoms with E-state index in [4.69, 9.17) is 14.7 Å². The first-order valence-electron chi connectivity index (χ1n) is 9.46. The van der Waals surface area contributed by atoms with Gasteiger partial charge < -0.3 is 20.1 Å². The lowest BCUT2D eigenvalue weighted by molar-refractivity contribution is -0.113. The zero-order chi connectivity index (χ0) is 22.0. The zero-order valence-corrected chi connectivity index (χ0v) is 17.2. The van der Waals surface area contributed by atoms with Crippen molar-refractivity contribution in [1.82, 2.24) is 14.8 Å². The van der Waals surface area contributed by atoms with Crippen molar-refractivity contribution in [3.8, 4) is 17.6 Å². The molecule has 0 aliphatic carbocycles. The van der Waals surface area contributed by atoms with Gasteiger partial charge in [0.2, 0.25) is 5.95 Å². The molecule has 9 heteroatoms. The summed E-state index contributed by atoms with van der Waals surface area (Å²) in [4.78, 5) is 17.7. The number of nitriles is 1. The van der Waals surface area contributed by atoms with Gasteiger partial charge in [-0.3, -0.25) is 4.79 Å². The number of hydrogen-bond acceptors (Lipinski definition) is 7. The Morgan fingerprint density at radius 2 is 1.97 bits per heavy atom. The molecule has 2 N–H and O–H groups in total. The predicted molar refractivity (Wildman–Crippen MR) is 114 cm³/mol. The van der Waals surface area contributed by atoms with Gasteiger partial charge in [0, 0.05) is 11.8 Å². The van der Waals surface area contributed by atoms with Gasteiger partial charge in [0.1, 0.15) is 23.9 Å². The van der Waals surface area contributed by atoms with Gasteiger partial charge in [-0.2, -0.15) is 15.3 Å². The number of anilines is 2. The van der Waals surface area contributed by atoms with Gasteiger partial charge in [-0.25, -0.2) is 4.68 Å². The largest absolute Gasteiger partial charge is 0.497 e. The molecule has 156 valence electrons. The lowest BCUT2D eigenvalue weighted by Crippen LogP contribution is -2.31. The SMILES string of the molecule is COc1ccc(OC)c(NC(=O)C2=C(C)Nc3ncnn3[C@@H]2c2ccc(C#N)cc2)c1. The standard InChI is InChI=1S/C22H20N6O3/c1-13-19(21(29)27-17-10-16(30-2)8-9-18(17)31-3)20(28-22(26-13)24-12-25-28)15-6-4-14(11-23)5-7-15/h4-10,12,20H,1-3H3,(H,27,29)(H,24,25,26)/t20-/m1/s1. The Hall–Kier alpha value is -4.32. The van der Waals surface area contributed by atoms with Crippen LogP contribution < -0.4 is 20.1 Å². The van der Waals surface area contributed by atoms with Crippen LogP contribution >= 0.6 is 0 Å². The second kappa shape index (κ2) is 8.20. The van der Waals surface area contributed by atoms with Gasteiger partial charge in [0.15, 0.2) is 0 Å². The molecule has 0 fully saturated rings. The van der Waals surface area contributed by atoms with Gasteiger partial charge in [0.25, 0.3) is 5.91 Å². The van der Waals surface area contributed by atoms with E-state index < -0.39 is 6.04 Å². The average Bonchev–Trinajstić information content (AvgIpc) is 3.26. The Kier molecular flexibility index (Phi) is 5.28. The Labute approximate surface area is 178 Å². The molecule has 1 aliphatic heterocycles. The van der Waals surface area contributed by atoms with Crippen LogP contribution in [0.4, 0.5) is 11.6 Å². The number of nitrogens with one attached hydrogen (secondary N) is 2. The first-order valence-corrected chi connectivity index (χ1v) is 9.46. The Morgan fingerprint density at radius 3 is 2.65 bits per heavy atom. The van der Waals surface area contributed by atoms with Crippen LogP contribution in [0.15, 0.2) is 60.1 Å². The van der Waals surface area contributed by atoms with Crippen molar-refractivity contribution in [3.05, 3.63) is 71.2 Å². The van der Waals surface area contributed by atoms with Crippen molar-refractivity contribution in [1.29, 1.82) is 5.26 Å². The fraction of sp³-hybridized carbons (Fsp3) is 0.182. The summed E-state index contributed by atoms with van der Waals surface area (Å²) < 4.78 is 12.3. The molecule has 2 heterocycles. The molecular weight excluding hydrogens is 396 g/mol. The van der Waals surface area contributed by atoms with Crippen molar-refractivity contribution < 1.29 is 14.3 Å². The number of rotatable bonds is 5. The number of fused-ring (bicyclic) bond motifs is 1. The second-order valence-corrected chi connectivity index (χ2v) is 6.85. The summed E-state index contributed by atoms with van der Waals surface area (Å²) in [7, 11) is 3.09. The quantitative estimate of drug-likeness (QED) is 0.657. The first-order chi connectivity index (χ1) is 15.0. The van der Waals surface area contributed by atoms with Crippen LogP contribution in [-0.2, 0) is 4.79 Å². The number of carbonyl (C=O) groups is 1. The maximum absolute atomic E-state index is 13.5. The normalized spacial score (nSPS) is 14.8. The molecule has 3 aromatic rings. The number of benzene rings is 2. The molecule has 1 aliphatic rings. The number of allylic oxidation sites excluding steroid dienone is 1. The van der Waals surface area contributed by atoms with Crippen molar-refractivity contribution in [3.63, 3.8) is 0 Å². The molecule has 0 saturated carbocycles. The fourth-order valence-corrected chi connectivity index (χ4v) is 3.53. The van der Waals surface area contributed by atoms with Gasteiger partial charge in [-0.05, 0) is 36.8 Å². The van der Waals surface area contributed by atoms with Gasteiger partial charge in [-0.15, -0.1) is 0 Å². The van der Waals surface area contributed by atoms with Crippen LogP contribution in [0.3, 0.4) is 0 Å². The van der Waals surface area contributed by atoms with E-state index in [0.717, 1.165) is 5.56 Å². The minimum atomic E-state index is -0.525. The molecule has 9 nitrogen and oxygen atoms in total. The van der Waals surface area contributed by atoms with Crippen LogP contribution in [0, 0.1) is 11.3 Å². The lowest BCUT2D eigenvalue weighted by atomic mass is 9.94. The monoisotopic (exact) mass is 416 g/mol. The number of aromatic nitrogens is 3. The molecule has 1 amide bonds. The zero-order valence-electron chi connectivity index (χ0n) is 17.2. The Bertz CT molecular complexity index is 1210. The van der Waals surface area contributed by atoms with E-state index in [1.165, 1.54) is 13.4 Å². The molecular formula is C22H20N6O3. The number of methoxy groups -OCH3 is 2. The molecule has 0 saturated heterocycles. The van der Waals surface area contributed by atoms with Crippen molar-refractivity contribution in [2.24, 2.45) is 0 Å². The fourth-order valence-electron chi connectivity index (χ4n) is 3.53. The van der Waals surface area contributed by atoms with Crippen LogP contribution in [0.1, 0.15) is 24.1 Å². The predicted octanol–water partition coefficient (Wildman–Crippen LogP) is 3.09. The van der Waals surface area contributed by atoms with E-state index in [0.29, 0.717) is 40.0 Å². The van der Waals surface area contributed by atoms with E-state index in [9.17, 15) is 4.79 Å². The topological polar surface area (TPSA) is 114 Å². The maximum Gasteiger partial charge on any atom is 0.255 e. The highest BCUT2D eigenvalue weighted by Gasteiger charge is 2.33. The van der Waals surface area contributed by atoms with Crippen LogP contribution in [0.5, 0.6) is 11.5 Å². The van der Waals surface area contributed by atoms with Crippen LogP contribution in [-0.4, -0.2) is 34.9 Å². The lowest BCUT2D eigenvalue weighted by Gasteiger charge is -2.29. The summed E-state index contributed by atoms with van der Waals surface area (Å²) in [5, 5.41) is 19.5. The highest BCUT2D eigenvalue weighted by Crippen LogP contribution is 2.36. The molecule has 0 radical (unpaired) electrons. The summed E-state index contributed by atoms with van der Waals surface area (Å²) in [6.07, 6.45) is 1.43. The minimum absolute atomic E-state index is 0.327. The van der Waals surface area contributed by atoms with Gasteiger partial charge >= 0.3 is 0 Å². The van der Waals surface area contributed by atoms with Gasteiger partial charge in [-0.1, -0.05) is 12.1 Å². The van der Waals surface area contributed by atoms with E-state index in [-0.39, 0.29) is 5.91 Å². The Balaban J connectivity index is 1.76. The number of hydrogen-bond donors (Lipinski definition) is 2. The van der Waals surface area contributed by atoms with Crippen LogP contribution in [0.2, 0.25) is 0 Å². The highest BCUT2D eigenvalue weighted by atomic mass is 16.5. The number of carbonyl (C=O) groups excluding carboxylic acids is 1. The van der Waals surface area contributed by atoms with Gasteiger partial charge in [0.05, 0.1) is 37.1 Å². The molecule has 1 atom stereocenters. The van der Waals surface area contributed by atoms with Crippen molar-refractivity contribution in [2.75, 3.05) is 24.9 Å². The first kappa shape index (κ1) is 20.0. The van der Waals surface area contributed by atoms with Crippen LogP contribution in [0.25, 0.3) is 0 Å². The molecule has 0 unspecified atom stereocenters. The minimum Gasteiger partial charge on any atom is -0.497 e. The van der Waals surface area contributed by atoms with Crippen molar-refractivity contribution in [2.45, 2.75) is 13.0 Å². The highest BCUT2D eigenvalue weighted by molar-refractivity contribution is 6.06. The molecule has 1 aromatic heterocycles. The molecule has 0 bridgehead atoms. The molecule has 4 rings (SSSR count). The summed E-state index contributed by atoms with van der Waals surface area (Å²) in [6.45, 7) is 1.81.